The number of carbonyl (C=O) groups excluding carboxylic acids is 3. The first-order valence-electron chi connectivity index (χ1n) is 22.1. The molecule has 0 aliphatic rings. The van der Waals surface area contributed by atoms with Gasteiger partial charge in [-0.15, -0.1) is 0 Å². The predicted molar refractivity (Wildman–Crippen MR) is 216 cm³/mol. The van der Waals surface area contributed by atoms with Gasteiger partial charge in [-0.1, -0.05) is 150 Å². The van der Waals surface area contributed by atoms with Gasteiger partial charge >= 0.3 is 18.0 Å². The monoisotopic (exact) mass is 757 g/mol. The van der Waals surface area contributed by atoms with Crippen LogP contribution in [0.5, 0.6) is 0 Å². The van der Waals surface area contributed by atoms with Crippen molar-refractivity contribution in [3.05, 3.63) is 0 Å². The second kappa shape index (κ2) is 39.8. The quantitative estimate of drug-likeness (QED) is 0.0282. The zero-order valence-electron chi connectivity index (χ0n) is 35.2. The number of hydrogen-bond donors (Lipinski definition) is 1. The maximum Gasteiger partial charge on any atom is 0.407 e. The molecule has 53 heavy (non-hydrogen) atoms. The van der Waals surface area contributed by atoms with Crippen LogP contribution in [0.2, 0.25) is 0 Å². The zero-order valence-corrected chi connectivity index (χ0v) is 35.2. The Morgan fingerprint density at radius 3 is 1.40 bits per heavy atom. The fourth-order valence-corrected chi connectivity index (χ4v) is 6.04. The van der Waals surface area contributed by atoms with E-state index >= 15 is 0 Å². The minimum absolute atomic E-state index is 0.0151. The zero-order chi connectivity index (χ0) is 39.0. The Labute approximate surface area is 325 Å². The van der Waals surface area contributed by atoms with Gasteiger partial charge in [0.05, 0.1) is 12.3 Å². The van der Waals surface area contributed by atoms with E-state index < -0.39 is 18.3 Å². The SMILES string of the molecule is CCCCCCCCCCCC(=O)OCC(COC(=O)CCC(OCCCCCCCC)OCCCCCCCC)COC(=O)NCCN(CC)CC. The molecule has 0 aromatic carbocycles. The summed E-state index contributed by atoms with van der Waals surface area (Å²) in [5.74, 6) is -1.12. The van der Waals surface area contributed by atoms with Gasteiger partial charge in [0.25, 0.3) is 0 Å². The first-order valence-corrected chi connectivity index (χ1v) is 22.1. The molecule has 0 spiro atoms. The van der Waals surface area contributed by atoms with E-state index in [-0.39, 0.29) is 38.2 Å². The van der Waals surface area contributed by atoms with Crippen LogP contribution in [0.3, 0.4) is 0 Å². The molecule has 0 aliphatic heterocycles. The fourth-order valence-electron chi connectivity index (χ4n) is 6.04. The summed E-state index contributed by atoms with van der Waals surface area (Å²) in [7, 11) is 0. The first-order chi connectivity index (χ1) is 25.9. The number of ether oxygens (including phenoxy) is 5. The molecule has 1 unspecified atom stereocenters. The highest BCUT2D eigenvalue weighted by Crippen LogP contribution is 2.14. The Balaban J connectivity index is 4.88. The molecule has 0 radical (unpaired) electrons. The molecule has 1 N–H and O–H groups in total. The number of nitrogens with one attached hydrogen (secondary N) is 1. The molecule has 314 valence electrons. The van der Waals surface area contributed by atoms with E-state index in [4.69, 9.17) is 23.7 Å². The summed E-state index contributed by atoms with van der Waals surface area (Å²) >= 11 is 0. The van der Waals surface area contributed by atoms with Crippen LogP contribution in [-0.2, 0) is 33.3 Å². The second-order valence-corrected chi connectivity index (χ2v) is 14.6. The van der Waals surface area contributed by atoms with Gasteiger partial charge < -0.3 is 33.9 Å². The Kier molecular flexibility index (Phi) is 38.3. The van der Waals surface area contributed by atoms with E-state index in [9.17, 15) is 14.4 Å². The van der Waals surface area contributed by atoms with Gasteiger partial charge in [0.15, 0.2) is 6.29 Å². The lowest BCUT2D eigenvalue weighted by Crippen LogP contribution is -2.36. The molecule has 1 amide bonds. The smallest absolute Gasteiger partial charge is 0.407 e. The Morgan fingerprint density at radius 1 is 0.509 bits per heavy atom. The largest absolute Gasteiger partial charge is 0.465 e. The number of amides is 1. The molecule has 0 aromatic rings. The molecule has 0 saturated carbocycles. The van der Waals surface area contributed by atoms with Gasteiger partial charge in [-0.2, -0.15) is 0 Å². The van der Waals surface area contributed by atoms with E-state index in [0.717, 1.165) is 64.6 Å². The lowest BCUT2D eigenvalue weighted by Gasteiger charge is -2.20. The van der Waals surface area contributed by atoms with Crippen LogP contribution in [0.4, 0.5) is 4.79 Å². The number of carbonyl (C=O) groups is 3. The normalized spacial score (nSPS) is 12.0. The summed E-state index contributed by atoms with van der Waals surface area (Å²) in [5, 5.41) is 2.78. The summed E-state index contributed by atoms with van der Waals surface area (Å²) < 4.78 is 28.8. The van der Waals surface area contributed by atoms with E-state index in [1.54, 1.807) is 0 Å². The summed E-state index contributed by atoms with van der Waals surface area (Å²) in [6.45, 7) is 15.0. The highest BCUT2D eigenvalue weighted by atomic mass is 16.7. The minimum atomic E-state index is -0.539. The summed E-state index contributed by atoms with van der Waals surface area (Å²) in [4.78, 5) is 40.0. The van der Waals surface area contributed by atoms with E-state index in [2.05, 4.69) is 44.8 Å². The number of nitrogens with zero attached hydrogens (tertiary/aromatic N) is 1. The van der Waals surface area contributed by atoms with Crippen LogP contribution in [0.25, 0.3) is 0 Å². The van der Waals surface area contributed by atoms with E-state index in [1.807, 2.05) is 0 Å². The highest BCUT2D eigenvalue weighted by molar-refractivity contribution is 5.70. The Morgan fingerprint density at radius 2 is 0.925 bits per heavy atom. The van der Waals surface area contributed by atoms with Crippen LogP contribution < -0.4 is 5.32 Å². The van der Waals surface area contributed by atoms with Gasteiger partial charge in [0.2, 0.25) is 0 Å². The molecule has 0 heterocycles. The van der Waals surface area contributed by atoms with Crippen LogP contribution in [0.15, 0.2) is 0 Å². The van der Waals surface area contributed by atoms with Gasteiger partial charge in [-0.05, 0) is 32.4 Å². The third-order valence-corrected chi connectivity index (χ3v) is 9.67. The molecule has 0 aliphatic carbocycles. The lowest BCUT2D eigenvalue weighted by atomic mass is 10.1. The van der Waals surface area contributed by atoms with Gasteiger partial charge in [-0.3, -0.25) is 9.59 Å². The van der Waals surface area contributed by atoms with Crippen molar-refractivity contribution in [1.29, 1.82) is 0 Å². The molecule has 10 heteroatoms. The maximum atomic E-state index is 12.9. The Hall–Kier alpha value is -1.91. The number of esters is 2. The standard InChI is InChI=1S/C43H84N2O8/c1-6-11-14-17-20-21-22-23-26-29-40(46)51-36-39(38-53-43(48)44-32-33-45(9-4)10-5)37-52-41(47)30-31-42(49-34-27-24-18-15-12-7-2)50-35-28-25-19-16-13-8-3/h39,42H,6-38H2,1-5H3,(H,44,48). The van der Waals surface area contributed by atoms with Crippen LogP contribution in [0.1, 0.15) is 189 Å². The summed E-state index contributed by atoms with van der Waals surface area (Å²) in [6.07, 6.45) is 24.6. The van der Waals surface area contributed by atoms with Crippen LogP contribution in [0, 0.1) is 5.92 Å². The maximum absolute atomic E-state index is 12.9. The molecular weight excluding hydrogens is 672 g/mol. The molecule has 0 bridgehead atoms. The lowest BCUT2D eigenvalue weighted by molar-refractivity contribution is -0.161. The van der Waals surface area contributed by atoms with Crippen molar-refractivity contribution >= 4 is 18.0 Å². The van der Waals surface area contributed by atoms with Crippen molar-refractivity contribution < 1.29 is 38.1 Å². The van der Waals surface area contributed by atoms with Crippen LogP contribution >= 0.6 is 0 Å². The van der Waals surface area contributed by atoms with E-state index in [0.29, 0.717) is 32.6 Å². The summed E-state index contributed by atoms with van der Waals surface area (Å²) in [5.41, 5.74) is 0. The number of alkyl carbamates (subject to hydrolysis) is 1. The van der Waals surface area contributed by atoms with Gasteiger partial charge in [0.1, 0.15) is 19.8 Å². The number of likely N-dealkylation sites (N-methyl/N-ethyl adjacent to an activating group) is 1. The average Bonchev–Trinajstić information content (AvgIpc) is 3.16. The fraction of sp³-hybridized carbons (Fsp3) is 0.930. The molecule has 0 fully saturated rings. The second-order valence-electron chi connectivity index (χ2n) is 14.6. The van der Waals surface area contributed by atoms with Gasteiger partial charge in [0, 0.05) is 39.1 Å². The Bertz CT molecular complexity index is 808. The highest BCUT2D eigenvalue weighted by Gasteiger charge is 2.19. The number of unbranched alkanes of at least 4 members (excludes halogenated alkanes) is 18. The third kappa shape index (κ3) is 35.5. The number of hydrogen-bond acceptors (Lipinski definition) is 9. The van der Waals surface area contributed by atoms with Crippen molar-refractivity contribution in [3.63, 3.8) is 0 Å². The van der Waals surface area contributed by atoms with Crippen LogP contribution in [-0.4, -0.2) is 88.4 Å². The van der Waals surface area contributed by atoms with Gasteiger partial charge in [-0.25, -0.2) is 4.79 Å². The number of rotatable bonds is 40. The first kappa shape index (κ1) is 51.1. The molecule has 0 aromatic heterocycles. The van der Waals surface area contributed by atoms with Crippen molar-refractivity contribution in [1.82, 2.24) is 10.2 Å². The van der Waals surface area contributed by atoms with Crippen molar-refractivity contribution in [2.45, 2.75) is 195 Å². The summed E-state index contributed by atoms with van der Waals surface area (Å²) in [6, 6.07) is 0. The molecule has 0 rings (SSSR count). The third-order valence-electron chi connectivity index (χ3n) is 9.67. The van der Waals surface area contributed by atoms with Crippen molar-refractivity contribution in [3.8, 4) is 0 Å². The molecule has 0 saturated heterocycles. The van der Waals surface area contributed by atoms with Crippen molar-refractivity contribution in [2.24, 2.45) is 5.92 Å². The topological polar surface area (TPSA) is 113 Å². The van der Waals surface area contributed by atoms with Crippen molar-refractivity contribution in [2.75, 3.05) is 59.2 Å². The molecule has 10 nitrogen and oxygen atoms in total. The average molecular weight is 757 g/mol. The van der Waals surface area contributed by atoms with E-state index in [1.165, 1.54) is 89.9 Å². The predicted octanol–water partition coefficient (Wildman–Crippen LogP) is 10.5. The molecule has 1 atom stereocenters. The minimum Gasteiger partial charge on any atom is -0.465 e. The molecular formula is C43H84N2O8.